The number of aromatic nitrogens is 4. The molecule has 0 spiro atoms. The molecular weight excluding hydrogens is 725 g/mol. The van der Waals surface area contributed by atoms with Crippen LogP contribution in [0.5, 0.6) is 0 Å². The van der Waals surface area contributed by atoms with Crippen molar-refractivity contribution in [2.24, 2.45) is 11.8 Å². The average molecular weight is 777 g/mol. The van der Waals surface area contributed by atoms with Crippen LogP contribution in [0.15, 0.2) is 84.9 Å². The van der Waals surface area contributed by atoms with Crippen LogP contribution in [0.1, 0.15) is 104 Å². The van der Waals surface area contributed by atoms with E-state index in [0.29, 0.717) is 11.8 Å². The van der Waals surface area contributed by atoms with E-state index in [0.717, 1.165) is 106 Å². The van der Waals surface area contributed by atoms with Crippen LogP contribution in [-0.2, 0) is 9.47 Å². The van der Waals surface area contributed by atoms with Crippen LogP contribution in [0, 0.1) is 11.8 Å². The van der Waals surface area contributed by atoms with Gasteiger partial charge in [0.25, 0.3) is 0 Å². The first-order chi connectivity index (χ1) is 27.7. The van der Waals surface area contributed by atoms with Gasteiger partial charge in [0, 0.05) is 12.1 Å². The van der Waals surface area contributed by atoms with Crippen LogP contribution in [0.3, 0.4) is 0 Å². The Labute approximate surface area is 339 Å². The third-order valence-electron chi connectivity index (χ3n) is 12.7. The summed E-state index contributed by atoms with van der Waals surface area (Å²) in [4.78, 5) is 47.7. The standard InChI is InChI=1S/C48H52N6O4/c1-47(2,3)57-45(55)53-35-19-15-33(23-35)41(53)43-49-37-21-17-31(25-39(37)51-43)29-11-7-27(8-12-29)28-9-13-30(14-10-28)32-18-22-38-40(26-32)52-44(50-38)42-34-16-20-36(24-34)54(42)46(56)58-48(4,5)6/h7-14,17-18,21-22,25-26,33-36,41-42H,15-16,19-20,23-24H2,1-6H3,(H,49,51)(H,50,52)/t33-,34-,35+,36+,41-,42?/m0/s1. The quantitative estimate of drug-likeness (QED) is 0.180. The number of fused-ring (bicyclic) bond motifs is 6. The zero-order chi connectivity index (χ0) is 40.1. The van der Waals surface area contributed by atoms with Gasteiger partial charge >= 0.3 is 12.2 Å². The number of carbonyl (C=O) groups is 2. The molecule has 6 atom stereocenters. The number of likely N-dealkylation sites (tertiary alicyclic amines) is 2. The summed E-state index contributed by atoms with van der Waals surface area (Å²) < 4.78 is 11.7. The molecule has 2 aromatic heterocycles. The number of nitrogens with one attached hydrogen (secondary N) is 2. The second kappa shape index (κ2) is 13.5. The van der Waals surface area contributed by atoms with Gasteiger partial charge < -0.3 is 19.4 Å². The number of imidazole rings is 2. The van der Waals surface area contributed by atoms with Gasteiger partial charge in [0.05, 0.1) is 34.2 Å². The molecular formula is C48H52N6O4. The lowest BCUT2D eigenvalue weighted by atomic mass is 9.98. The number of amides is 2. The zero-order valence-corrected chi connectivity index (χ0v) is 34.2. The molecule has 2 aliphatic heterocycles. The second-order valence-electron chi connectivity index (χ2n) is 19.0. The number of carbonyl (C=O) groups excluding carboxylic acids is 2. The van der Waals surface area contributed by atoms with Gasteiger partial charge in [-0.3, -0.25) is 9.80 Å². The maximum absolute atomic E-state index is 13.3. The summed E-state index contributed by atoms with van der Waals surface area (Å²) >= 11 is 0. The Morgan fingerprint density at radius 2 is 0.879 bits per heavy atom. The summed E-state index contributed by atoms with van der Waals surface area (Å²) in [6, 6.07) is 30.3. The van der Waals surface area contributed by atoms with E-state index in [2.05, 4.69) is 94.9 Å². The van der Waals surface area contributed by atoms with Gasteiger partial charge in [-0.25, -0.2) is 19.6 Å². The number of benzene rings is 4. The summed E-state index contributed by atoms with van der Waals surface area (Å²) in [7, 11) is 0. The van der Waals surface area contributed by atoms with Gasteiger partial charge in [0.2, 0.25) is 0 Å². The molecule has 2 aliphatic carbocycles. The fraction of sp³-hybridized carbons (Fsp3) is 0.417. The van der Waals surface area contributed by atoms with Crippen LogP contribution < -0.4 is 0 Å². The molecule has 0 radical (unpaired) electrons. The minimum atomic E-state index is -0.543. The van der Waals surface area contributed by atoms with Crippen molar-refractivity contribution in [1.29, 1.82) is 0 Å². The molecule has 2 N–H and O–H groups in total. The van der Waals surface area contributed by atoms with Gasteiger partial charge in [-0.05, 0) is 150 Å². The monoisotopic (exact) mass is 776 g/mol. The molecule has 4 aliphatic rings. The van der Waals surface area contributed by atoms with Gasteiger partial charge in [-0.2, -0.15) is 0 Å². The summed E-state index contributed by atoms with van der Waals surface area (Å²) in [5.74, 6) is 2.48. The highest BCUT2D eigenvalue weighted by Crippen LogP contribution is 2.51. The molecule has 10 heteroatoms. The first kappa shape index (κ1) is 36.7. The molecule has 2 saturated heterocycles. The molecule has 4 bridgehead atoms. The van der Waals surface area contributed by atoms with Crippen molar-refractivity contribution in [2.75, 3.05) is 0 Å². The topological polar surface area (TPSA) is 116 Å². The SMILES string of the molecule is CC(C)(C)OC(=O)N1C(c2nc3ccc(-c4ccc(-c5ccc(-c6ccc7nc([C@@H]8[C@H]9CC[C@H](C9)N8C(=O)OC(C)(C)C)[nH]c7c6)cc5)cc4)cc3[nH]2)[C@H]2CC[C@@H]1C2. The Hall–Kier alpha value is -5.64. The van der Waals surface area contributed by atoms with Gasteiger partial charge in [0.15, 0.2) is 0 Å². The molecule has 6 aromatic rings. The van der Waals surface area contributed by atoms with E-state index in [1.165, 1.54) is 0 Å². The maximum atomic E-state index is 13.3. The predicted molar refractivity (Wildman–Crippen MR) is 226 cm³/mol. The highest BCUT2D eigenvalue weighted by Gasteiger charge is 2.52. The number of ether oxygens (including phenoxy) is 2. The van der Waals surface area contributed by atoms with Crippen LogP contribution in [0.25, 0.3) is 55.4 Å². The minimum absolute atomic E-state index is 0.0910. The van der Waals surface area contributed by atoms with Crippen LogP contribution in [0.2, 0.25) is 0 Å². The number of rotatable bonds is 5. The van der Waals surface area contributed by atoms with Crippen molar-refractivity contribution in [3.8, 4) is 33.4 Å². The molecule has 298 valence electrons. The lowest BCUT2D eigenvalue weighted by molar-refractivity contribution is 0.00526. The summed E-state index contributed by atoms with van der Waals surface area (Å²) in [5, 5.41) is 0. The highest BCUT2D eigenvalue weighted by atomic mass is 16.6. The number of hydrogen-bond donors (Lipinski definition) is 2. The van der Waals surface area contributed by atoms with E-state index in [9.17, 15) is 9.59 Å². The van der Waals surface area contributed by atoms with Crippen molar-refractivity contribution < 1.29 is 19.1 Å². The molecule has 58 heavy (non-hydrogen) atoms. The molecule has 4 aromatic carbocycles. The molecule has 4 fully saturated rings. The third kappa shape index (κ3) is 6.60. The first-order valence-electron chi connectivity index (χ1n) is 21.0. The summed E-state index contributed by atoms with van der Waals surface area (Å²) in [5.41, 5.74) is 9.42. The third-order valence-corrected chi connectivity index (χ3v) is 12.7. The second-order valence-corrected chi connectivity index (χ2v) is 19.0. The molecule has 4 heterocycles. The summed E-state index contributed by atoms with van der Waals surface area (Å²) in [6.45, 7) is 11.5. The van der Waals surface area contributed by atoms with Crippen LogP contribution in [-0.4, -0.2) is 65.2 Å². The van der Waals surface area contributed by atoms with Crippen molar-refractivity contribution in [3.05, 3.63) is 96.6 Å². The molecule has 10 rings (SSSR count). The Morgan fingerprint density at radius 1 is 0.534 bits per heavy atom. The first-order valence-corrected chi connectivity index (χ1v) is 21.0. The highest BCUT2D eigenvalue weighted by molar-refractivity contribution is 5.85. The molecule has 1 unspecified atom stereocenters. The smallest absolute Gasteiger partial charge is 0.411 e. The van der Waals surface area contributed by atoms with E-state index in [1.54, 1.807) is 0 Å². The molecule has 10 nitrogen and oxygen atoms in total. The van der Waals surface area contributed by atoms with E-state index in [4.69, 9.17) is 19.4 Å². The number of nitrogens with zero attached hydrogens (tertiary/aromatic N) is 4. The summed E-state index contributed by atoms with van der Waals surface area (Å²) in [6.07, 6.45) is 5.77. The van der Waals surface area contributed by atoms with E-state index >= 15 is 0 Å². The number of H-pyrrole nitrogens is 2. The largest absolute Gasteiger partial charge is 0.444 e. The maximum Gasteiger partial charge on any atom is 0.411 e. The van der Waals surface area contributed by atoms with Crippen molar-refractivity contribution in [1.82, 2.24) is 29.7 Å². The van der Waals surface area contributed by atoms with E-state index in [-0.39, 0.29) is 36.4 Å². The normalized spacial score (nSPS) is 24.0. The van der Waals surface area contributed by atoms with Gasteiger partial charge in [-0.15, -0.1) is 0 Å². The Morgan fingerprint density at radius 3 is 1.24 bits per heavy atom. The number of piperidine rings is 2. The molecule has 2 amide bonds. The van der Waals surface area contributed by atoms with Crippen molar-refractivity contribution in [2.45, 2.75) is 115 Å². The van der Waals surface area contributed by atoms with Crippen LogP contribution in [0.4, 0.5) is 9.59 Å². The number of hydrogen-bond acceptors (Lipinski definition) is 6. The van der Waals surface area contributed by atoms with Crippen molar-refractivity contribution in [3.63, 3.8) is 0 Å². The van der Waals surface area contributed by atoms with E-state index < -0.39 is 11.2 Å². The van der Waals surface area contributed by atoms with Gasteiger partial charge in [-0.1, -0.05) is 60.7 Å². The zero-order valence-electron chi connectivity index (χ0n) is 34.2. The Balaban J connectivity index is 0.844. The van der Waals surface area contributed by atoms with Gasteiger partial charge in [0.1, 0.15) is 22.9 Å². The fourth-order valence-electron chi connectivity index (χ4n) is 10.2. The number of aromatic amines is 2. The van der Waals surface area contributed by atoms with E-state index in [1.807, 2.05) is 51.3 Å². The lowest BCUT2D eigenvalue weighted by Crippen LogP contribution is -2.43. The molecule has 2 saturated carbocycles. The lowest BCUT2D eigenvalue weighted by Gasteiger charge is -2.35. The Bertz CT molecular complexity index is 2360. The Kier molecular flexibility index (Phi) is 8.52. The van der Waals surface area contributed by atoms with Crippen LogP contribution >= 0.6 is 0 Å². The predicted octanol–water partition coefficient (Wildman–Crippen LogP) is 11.4. The van der Waals surface area contributed by atoms with Crippen molar-refractivity contribution >= 4 is 34.3 Å². The minimum Gasteiger partial charge on any atom is -0.444 e. The fourth-order valence-corrected chi connectivity index (χ4v) is 10.2. The average Bonchev–Trinajstić information content (AvgIpc) is 4.05.